The zero-order valence-electron chi connectivity index (χ0n) is 7.39. The van der Waals surface area contributed by atoms with Crippen LogP contribution in [0, 0.1) is 4.84 Å². The van der Waals surface area contributed by atoms with Crippen molar-refractivity contribution in [3.8, 4) is 5.75 Å². The maximum absolute atomic E-state index is 12.0. The Kier molecular flexibility index (Phi) is 2.70. The van der Waals surface area contributed by atoms with Crippen molar-refractivity contribution in [1.29, 1.82) is 0 Å². The first kappa shape index (κ1) is 11.5. The molecule has 1 N–H and O–H groups in total. The van der Waals surface area contributed by atoms with Gasteiger partial charge in [-0.1, -0.05) is 0 Å². The molecule has 1 aromatic carbocycles. The highest BCUT2D eigenvalue weighted by molar-refractivity contribution is 9.10. The smallest absolute Gasteiger partial charge is 0.428 e. The lowest BCUT2D eigenvalue weighted by Crippen LogP contribution is -2.17. The number of H-pyrrole nitrogens is 1. The number of halogens is 4. The van der Waals surface area contributed by atoms with Crippen molar-refractivity contribution in [1.82, 2.24) is 4.98 Å². The summed E-state index contributed by atoms with van der Waals surface area (Å²) in [6.07, 6.45) is -4.75. The molecule has 3 nitrogen and oxygen atoms in total. The lowest BCUT2D eigenvalue weighted by atomic mass is 10.3. The van der Waals surface area contributed by atoms with Gasteiger partial charge in [-0.2, -0.15) is 0 Å². The van der Waals surface area contributed by atoms with Gasteiger partial charge in [0.15, 0.2) is 5.58 Å². The van der Waals surface area contributed by atoms with Gasteiger partial charge >= 0.3 is 6.36 Å². The highest BCUT2D eigenvalue weighted by Crippen LogP contribution is 2.35. The van der Waals surface area contributed by atoms with Gasteiger partial charge in [0.2, 0.25) is 0 Å². The Morgan fingerprint density at radius 2 is 2.06 bits per heavy atom. The molecule has 0 aliphatic rings. The van der Waals surface area contributed by atoms with Crippen LogP contribution < -0.4 is 4.74 Å². The predicted molar refractivity (Wildman–Crippen MR) is 55.8 cm³/mol. The molecule has 0 bridgehead atoms. The fourth-order valence-electron chi connectivity index (χ4n) is 1.17. The lowest BCUT2D eigenvalue weighted by Gasteiger charge is -2.09. The molecule has 86 valence electrons. The van der Waals surface area contributed by atoms with E-state index in [0.717, 1.165) is 0 Å². The van der Waals surface area contributed by atoms with E-state index in [0.29, 0.717) is 5.52 Å². The first-order chi connectivity index (χ1) is 7.37. The molecule has 0 aliphatic carbocycles. The minimum absolute atomic E-state index is 0.0645. The summed E-state index contributed by atoms with van der Waals surface area (Å²) < 4.78 is 45.0. The summed E-state index contributed by atoms with van der Waals surface area (Å²) in [5.41, 5.74) is 0.679. The first-order valence-corrected chi connectivity index (χ1v) is 5.14. The summed E-state index contributed by atoms with van der Waals surface area (Å²) >= 11 is 7.68. The fraction of sp³-hybridized carbons (Fsp3) is 0.125. The average molecular weight is 314 g/mol. The Hall–Kier alpha value is -1.02. The highest BCUT2D eigenvalue weighted by Gasteiger charge is 2.32. The molecule has 1 heterocycles. The standard InChI is InChI=1S/C8H3BrF3NO2S/c9-5-4(15-8(10,11)12)2-1-3-6(5)14-7(16)13-3/h1-2H,(H,13,16). The number of nitrogens with one attached hydrogen (secondary N) is 1. The molecule has 1 aromatic heterocycles. The summed E-state index contributed by atoms with van der Waals surface area (Å²) in [7, 11) is 0. The van der Waals surface area contributed by atoms with E-state index in [9.17, 15) is 13.2 Å². The van der Waals surface area contributed by atoms with E-state index in [2.05, 4.69) is 25.7 Å². The topological polar surface area (TPSA) is 38.2 Å². The molecule has 0 unspecified atom stereocenters. The number of hydrogen-bond acceptors (Lipinski definition) is 3. The van der Waals surface area contributed by atoms with Crippen LogP contribution in [0.15, 0.2) is 21.0 Å². The zero-order chi connectivity index (χ0) is 11.9. The van der Waals surface area contributed by atoms with Crippen molar-refractivity contribution >= 4 is 39.2 Å². The van der Waals surface area contributed by atoms with Crippen LogP contribution in [0.4, 0.5) is 13.2 Å². The SMILES string of the molecule is FC(F)(F)Oc1ccc2[nH]c(=S)oc2c1Br. The number of aromatic nitrogens is 1. The molecular formula is C8H3BrF3NO2S. The number of oxazole rings is 1. The molecule has 0 atom stereocenters. The normalized spacial score (nSPS) is 12.0. The number of fused-ring (bicyclic) bond motifs is 1. The van der Waals surface area contributed by atoms with E-state index < -0.39 is 6.36 Å². The molecule has 0 saturated heterocycles. The first-order valence-electron chi connectivity index (χ1n) is 3.94. The van der Waals surface area contributed by atoms with E-state index in [1.165, 1.54) is 12.1 Å². The molecule has 0 fully saturated rings. The minimum Gasteiger partial charge on any atom is -0.428 e. The van der Waals surface area contributed by atoms with E-state index >= 15 is 0 Å². The highest BCUT2D eigenvalue weighted by atomic mass is 79.9. The van der Waals surface area contributed by atoms with Gasteiger partial charge in [0.1, 0.15) is 10.2 Å². The number of hydrogen-bond donors (Lipinski definition) is 1. The quantitative estimate of drug-likeness (QED) is 0.804. The Morgan fingerprint density at radius 3 is 2.69 bits per heavy atom. The van der Waals surface area contributed by atoms with Gasteiger partial charge in [0.25, 0.3) is 4.84 Å². The van der Waals surface area contributed by atoms with Gasteiger partial charge in [-0.25, -0.2) is 0 Å². The Balaban J connectivity index is 2.56. The van der Waals surface area contributed by atoms with Gasteiger partial charge in [-0.3, -0.25) is 0 Å². The van der Waals surface area contributed by atoms with Crippen LogP contribution >= 0.6 is 28.1 Å². The van der Waals surface area contributed by atoms with Crippen molar-refractivity contribution in [2.24, 2.45) is 0 Å². The lowest BCUT2D eigenvalue weighted by molar-refractivity contribution is -0.274. The maximum Gasteiger partial charge on any atom is 0.573 e. The van der Waals surface area contributed by atoms with E-state index in [4.69, 9.17) is 16.6 Å². The molecule has 2 rings (SSSR count). The summed E-state index contributed by atoms with van der Waals surface area (Å²) in [5, 5.41) is 0. The van der Waals surface area contributed by atoms with Gasteiger partial charge in [0, 0.05) is 0 Å². The van der Waals surface area contributed by atoms with Gasteiger partial charge in [-0.15, -0.1) is 13.2 Å². The van der Waals surface area contributed by atoms with Crippen LogP contribution in [0.2, 0.25) is 0 Å². The Bertz CT molecular complexity index is 589. The molecule has 2 aromatic rings. The summed E-state index contributed by atoms with van der Waals surface area (Å²) in [6, 6.07) is 2.56. The molecule has 0 radical (unpaired) electrons. The second-order valence-electron chi connectivity index (χ2n) is 2.82. The van der Waals surface area contributed by atoms with Gasteiger partial charge < -0.3 is 14.1 Å². The molecule has 16 heavy (non-hydrogen) atoms. The van der Waals surface area contributed by atoms with Crippen LogP contribution in [0.3, 0.4) is 0 Å². The van der Waals surface area contributed by atoms with Crippen LogP contribution in [-0.4, -0.2) is 11.3 Å². The van der Waals surface area contributed by atoms with Crippen LogP contribution in [0.1, 0.15) is 0 Å². The molecule has 8 heteroatoms. The van der Waals surface area contributed by atoms with Crippen molar-refractivity contribution < 1.29 is 22.3 Å². The summed E-state index contributed by atoms with van der Waals surface area (Å²) in [4.78, 5) is 2.75. The Morgan fingerprint density at radius 1 is 1.38 bits per heavy atom. The third kappa shape index (κ3) is 2.22. The van der Waals surface area contributed by atoms with Crippen molar-refractivity contribution in [3.63, 3.8) is 0 Å². The van der Waals surface area contributed by atoms with Crippen molar-refractivity contribution in [2.45, 2.75) is 6.36 Å². The molecule has 0 aliphatic heterocycles. The monoisotopic (exact) mass is 313 g/mol. The zero-order valence-corrected chi connectivity index (χ0v) is 9.79. The number of ether oxygens (including phenoxy) is 1. The van der Waals surface area contributed by atoms with E-state index in [1.807, 2.05) is 0 Å². The average Bonchev–Trinajstić information content (AvgIpc) is 2.50. The summed E-state index contributed by atoms with van der Waals surface area (Å²) in [5.74, 6) is -0.377. The minimum atomic E-state index is -4.75. The van der Waals surface area contributed by atoms with Gasteiger partial charge in [0.05, 0.1) is 5.52 Å². The van der Waals surface area contributed by atoms with Gasteiger partial charge in [-0.05, 0) is 40.3 Å². The van der Waals surface area contributed by atoms with Crippen molar-refractivity contribution in [3.05, 3.63) is 21.4 Å². The Labute approximate surface area is 100 Å². The van der Waals surface area contributed by atoms with E-state index in [-0.39, 0.29) is 20.6 Å². The molecular weight excluding hydrogens is 311 g/mol. The van der Waals surface area contributed by atoms with Crippen molar-refractivity contribution in [2.75, 3.05) is 0 Å². The second kappa shape index (κ2) is 3.77. The number of alkyl halides is 3. The number of benzene rings is 1. The second-order valence-corrected chi connectivity index (χ2v) is 3.98. The van der Waals surface area contributed by atoms with Crippen LogP contribution in [-0.2, 0) is 0 Å². The molecule has 0 amide bonds. The van der Waals surface area contributed by atoms with E-state index in [1.54, 1.807) is 0 Å². The number of rotatable bonds is 1. The molecule has 0 spiro atoms. The largest absolute Gasteiger partial charge is 0.573 e. The third-order valence-corrected chi connectivity index (χ3v) is 2.66. The maximum atomic E-state index is 12.0. The predicted octanol–water partition coefficient (Wildman–Crippen LogP) is 4.15. The molecule has 0 saturated carbocycles. The third-order valence-electron chi connectivity index (χ3n) is 1.72. The van der Waals surface area contributed by atoms with Crippen LogP contribution in [0.5, 0.6) is 5.75 Å². The summed E-state index contributed by atoms with van der Waals surface area (Å²) in [6.45, 7) is 0. The van der Waals surface area contributed by atoms with Crippen LogP contribution in [0.25, 0.3) is 11.1 Å². The number of aromatic amines is 1. The fourth-order valence-corrected chi connectivity index (χ4v) is 1.87.